The van der Waals surface area contributed by atoms with E-state index in [0.29, 0.717) is 33.9 Å². The molecule has 118 valence electrons. The molecule has 0 aliphatic heterocycles. The number of amides is 1. The molecule has 23 heavy (non-hydrogen) atoms. The van der Waals surface area contributed by atoms with Crippen molar-refractivity contribution >= 4 is 46.1 Å². The van der Waals surface area contributed by atoms with Crippen molar-refractivity contribution in [3.63, 3.8) is 0 Å². The van der Waals surface area contributed by atoms with Crippen LogP contribution in [0.1, 0.15) is 12.3 Å². The number of nitrogens with zero attached hydrogens (tertiary/aromatic N) is 2. The Bertz CT molecular complexity index is 818. The van der Waals surface area contributed by atoms with E-state index in [-0.39, 0.29) is 12.3 Å². The number of anilines is 1. The number of thiophene rings is 1. The topological polar surface area (TPSA) is 68.0 Å². The van der Waals surface area contributed by atoms with Crippen LogP contribution in [0.15, 0.2) is 39.5 Å². The lowest BCUT2D eigenvalue weighted by Crippen LogP contribution is -2.12. The highest BCUT2D eigenvalue weighted by Crippen LogP contribution is 2.25. The van der Waals surface area contributed by atoms with Crippen molar-refractivity contribution < 1.29 is 9.32 Å². The van der Waals surface area contributed by atoms with Gasteiger partial charge in [0.1, 0.15) is 0 Å². The van der Waals surface area contributed by atoms with Crippen molar-refractivity contribution in [3.05, 3.63) is 51.0 Å². The van der Waals surface area contributed by atoms with E-state index < -0.39 is 0 Å². The number of hydrogen-bond donors (Lipinski definition) is 1. The molecule has 3 aromatic rings. The van der Waals surface area contributed by atoms with Crippen molar-refractivity contribution in [2.45, 2.75) is 12.8 Å². The molecule has 1 aromatic carbocycles. The zero-order valence-electron chi connectivity index (χ0n) is 11.8. The highest BCUT2D eigenvalue weighted by atomic mass is 35.5. The predicted molar refractivity (Wildman–Crippen MR) is 91.0 cm³/mol. The number of rotatable bonds is 5. The van der Waals surface area contributed by atoms with Gasteiger partial charge in [0.05, 0.1) is 10.0 Å². The van der Waals surface area contributed by atoms with Crippen LogP contribution in [0.2, 0.25) is 10.0 Å². The van der Waals surface area contributed by atoms with Crippen LogP contribution >= 0.6 is 34.5 Å². The molecule has 0 fully saturated rings. The number of benzene rings is 1. The van der Waals surface area contributed by atoms with E-state index >= 15 is 0 Å². The normalized spacial score (nSPS) is 10.7. The van der Waals surface area contributed by atoms with Gasteiger partial charge in [0, 0.05) is 29.5 Å². The van der Waals surface area contributed by atoms with Crippen LogP contribution in [0, 0.1) is 0 Å². The van der Waals surface area contributed by atoms with E-state index in [4.69, 9.17) is 27.7 Å². The molecule has 0 atom stereocenters. The maximum absolute atomic E-state index is 11.9. The first-order valence-electron chi connectivity index (χ1n) is 6.72. The summed E-state index contributed by atoms with van der Waals surface area (Å²) in [6.45, 7) is 0. The third-order valence-corrected chi connectivity index (χ3v) is 4.44. The first-order chi connectivity index (χ1) is 11.1. The highest BCUT2D eigenvalue weighted by molar-refractivity contribution is 7.08. The fourth-order valence-corrected chi connectivity index (χ4v) is 2.82. The summed E-state index contributed by atoms with van der Waals surface area (Å²) in [5, 5.41) is 11.4. The first kappa shape index (κ1) is 16.0. The lowest BCUT2D eigenvalue weighted by atomic mass is 10.2. The SMILES string of the molecule is O=C(CCc1nc(-c2ccsc2)no1)Nc1ccc(Cl)c(Cl)c1. The van der Waals surface area contributed by atoms with Gasteiger partial charge in [0.25, 0.3) is 0 Å². The summed E-state index contributed by atoms with van der Waals surface area (Å²) in [4.78, 5) is 16.2. The summed E-state index contributed by atoms with van der Waals surface area (Å²) in [6.07, 6.45) is 0.593. The number of nitrogens with one attached hydrogen (secondary N) is 1. The molecule has 0 aliphatic carbocycles. The number of carbonyl (C=O) groups is 1. The van der Waals surface area contributed by atoms with Gasteiger partial charge >= 0.3 is 0 Å². The maximum Gasteiger partial charge on any atom is 0.227 e. The molecule has 3 rings (SSSR count). The van der Waals surface area contributed by atoms with E-state index in [1.807, 2.05) is 16.8 Å². The number of aryl methyl sites for hydroxylation is 1. The van der Waals surface area contributed by atoms with Gasteiger partial charge in [-0.3, -0.25) is 4.79 Å². The Morgan fingerprint density at radius 1 is 1.26 bits per heavy atom. The average Bonchev–Trinajstić information content (AvgIpc) is 3.19. The van der Waals surface area contributed by atoms with Gasteiger partial charge in [-0.05, 0) is 29.6 Å². The number of aromatic nitrogens is 2. The monoisotopic (exact) mass is 367 g/mol. The van der Waals surface area contributed by atoms with E-state index in [1.54, 1.807) is 29.5 Å². The molecule has 1 amide bonds. The van der Waals surface area contributed by atoms with Crippen LogP contribution in [0.3, 0.4) is 0 Å². The number of carbonyl (C=O) groups excluding carboxylic acids is 1. The molecule has 1 N–H and O–H groups in total. The van der Waals surface area contributed by atoms with E-state index in [9.17, 15) is 4.79 Å². The molecule has 0 aliphatic rings. The third-order valence-electron chi connectivity index (χ3n) is 3.02. The van der Waals surface area contributed by atoms with Gasteiger partial charge in [0.15, 0.2) is 0 Å². The Morgan fingerprint density at radius 3 is 2.87 bits per heavy atom. The summed E-state index contributed by atoms with van der Waals surface area (Å²) in [5.74, 6) is 0.792. The van der Waals surface area contributed by atoms with E-state index in [0.717, 1.165) is 5.56 Å². The molecule has 5 nitrogen and oxygen atoms in total. The quantitative estimate of drug-likeness (QED) is 0.710. The zero-order chi connectivity index (χ0) is 16.2. The first-order valence-corrected chi connectivity index (χ1v) is 8.42. The second kappa shape index (κ2) is 7.12. The molecule has 0 bridgehead atoms. The van der Waals surface area contributed by atoms with Crippen LogP contribution in [0.5, 0.6) is 0 Å². The maximum atomic E-state index is 11.9. The Hall–Kier alpha value is -1.89. The van der Waals surface area contributed by atoms with Gasteiger partial charge in [-0.15, -0.1) is 0 Å². The van der Waals surface area contributed by atoms with Gasteiger partial charge in [-0.1, -0.05) is 28.4 Å². The Balaban J connectivity index is 1.55. The lowest BCUT2D eigenvalue weighted by Gasteiger charge is -2.05. The van der Waals surface area contributed by atoms with Crippen LogP contribution in [0.25, 0.3) is 11.4 Å². The molecule has 2 aromatic heterocycles. The van der Waals surface area contributed by atoms with Crippen molar-refractivity contribution in [2.24, 2.45) is 0 Å². The highest BCUT2D eigenvalue weighted by Gasteiger charge is 2.11. The molecule has 0 radical (unpaired) electrons. The molecule has 8 heteroatoms. The van der Waals surface area contributed by atoms with Crippen LogP contribution in [-0.2, 0) is 11.2 Å². The molecule has 0 unspecified atom stereocenters. The Labute approximate surface area is 146 Å². The van der Waals surface area contributed by atoms with E-state index in [1.165, 1.54) is 0 Å². The molecular formula is C15H11Cl2N3O2S. The second-order valence-electron chi connectivity index (χ2n) is 4.70. The predicted octanol–water partition coefficient (Wildman–Crippen LogP) is 4.68. The number of hydrogen-bond acceptors (Lipinski definition) is 5. The largest absolute Gasteiger partial charge is 0.339 e. The standard InChI is InChI=1S/C15H11Cl2N3O2S/c16-11-2-1-10(7-12(11)17)18-13(21)3-4-14-19-15(20-22-14)9-5-6-23-8-9/h1-2,5-8H,3-4H2,(H,18,21). The van der Waals surface area contributed by atoms with Gasteiger partial charge in [0.2, 0.25) is 17.6 Å². The lowest BCUT2D eigenvalue weighted by molar-refractivity contribution is -0.116. The van der Waals surface area contributed by atoms with Crippen molar-refractivity contribution in [1.29, 1.82) is 0 Å². The fraction of sp³-hybridized carbons (Fsp3) is 0.133. The van der Waals surface area contributed by atoms with Crippen LogP contribution in [-0.4, -0.2) is 16.0 Å². The van der Waals surface area contributed by atoms with Crippen molar-refractivity contribution in [2.75, 3.05) is 5.32 Å². The minimum Gasteiger partial charge on any atom is -0.339 e. The van der Waals surface area contributed by atoms with Crippen LogP contribution in [0.4, 0.5) is 5.69 Å². The third kappa shape index (κ3) is 4.10. The summed E-state index contributed by atoms with van der Waals surface area (Å²) in [6, 6.07) is 6.83. The molecule has 0 saturated carbocycles. The Kier molecular flexibility index (Phi) is 4.95. The van der Waals surface area contributed by atoms with Crippen molar-refractivity contribution in [3.8, 4) is 11.4 Å². The molecule has 0 spiro atoms. The zero-order valence-corrected chi connectivity index (χ0v) is 14.1. The van der Waals surface area contributed by atoms with Crippen LogP contribution < -0.4 is 5.32 Å². The van der Waals surface area contributed by atoms with Gasteiger partial charge in [-0.25, -0.2) is 0 Å². The van der Waals surface area contributed by atoms with Gasteiger partial charge in [-0.2, -0.15) is 16.3 Å². The summed E-state index contributed by atoms with van der Waals surface area (Å²) in [5.41, 5.74) is 1.50. The number of halogens is 2. The van der Waals surface area contributed by atoms with Crippen molar-refractivity contribution in [1.82, 2.24) is 10.1 Å². The Morgan fingerprint density at radius 2 is 2.13 bits per heavy atom. The van der Waals surface area contributed by atoms with Gasteiger partial charge < -0.3 is 9.84 Å². The summed E-state index contributed by atoms with van der Waals surface area (Å²) >= 11 is 13.3. The fourth-order valence-electron chi connectivity index (χ4n) is 1.88. The molecule has 2 heterocycles. The van der Waals surface area contributed by atoms with E-state index in [2.05, 4.69) is 15.5 Å². The minimum absolute atomic E-state index is 0.168. The minimum atomic E-state index is -0.168. The average molecular weight is 368 g/mol. The molecule has 0 saturated heterocycles. The summed E-state index contributed by atoms with van der Waals surface area (Å²) < 4.78 is 5.15. The second-order valence-corrected chi connectivity index (χ2v) is 6.30. The molecular weight excluding hydrogens is 357 g/mol. The smallest absolute Gasteiger partial charge is 0.227 e. The summed E-state index contributed by atoms with van der Waals surface area (Å²) in [7, 11) is 0.